The number of likely N-dealkylation sites (tertiary alicyclic amines) is 1. The fourth-order valence-corrected chi connectivity index (χ4v) is 2.64. The molecular weight excluding hydrogens is 252 g/mol. The van der Waals surface area contributed by atoms with Crippen LogP contribution in [0, 0.1) is 6.92 Å². The molecule has 0 radical (unpaired) electrons. The van der Waals surface area contributed by atoms with Crippen LogP contribution >= 0.6 is 0 Å². The molecule has 110 valence electrons. The second-order valence-electron chi connectivity index (χ2n) is 5.49. The Morgan fingerprint density at radius 1 is 1.40 bits per heavy atom. The first-order valence-corrected chi connectivity index (χ1v) is 7.35. The molecule has 2 atom stereocenters. The predicted molar refractivity (Wildman–Crippen MR) is 79.7 cm³/mol. The smallest absolute Gasteiger partial charge is 0.263 e. The van der Waals surface area contributed by atoms with Gasteiger partial charge in [-0.05, 0) is 45.2 Å². The van der Waals surface area contributed by atoms with Gasteiger partial charge in [0.15, 0.2) is 6.10 Å². The number of hydrogen-bond donors (Lipinski definition) is 1. The summed E-state index contributed by atoms with van der Waals surface area (Å²) < 4.78 is 5.75. The van der Waals surface area contributed by atoms with Gasteiger partial charge in [0.2, 0.25) is 0 Å². The molecule has 0 aliphatic carbocycles. The summed E-state index contributed by atoms with van der Waals surface area (Å²) in [5, 5.41) is 0. The highest BCUT2D eigenvalue weighted by Gasteiger charge is 2.29. The molecule has 1 aromatic rings. The van der Waals surface area contributed by atoms with E-state index in [1.54, 1.807) is 0 Å². The molecule has 4 nitrogen and oxygen atoms in total. The maximum atomic E-state index is 12.5. The lowest BCUT2D eigenvalue weighted by Gasteiger charge is -2.36. The Balaban J connectivity index is 1.98. The molecule has 2 rings (SSSR count). The minimum absolute atomic E-state index is 0.0423. The van der Waals surface area contributed by atoms with Crippen LogP contribution in [0.1, 0.15) is 31.7 Å². The van der Waals surface area contributed by atoms with E-state index in [2.05, 4.69) is 0 Å². The summed E-state index contributed by atoms with van der Waals surface area (Å²) in [5.74, 6) is 0.776. The lowest BCUT2D eigenvalue weighted by Crippen LogP contribution is -2.51. The first kappa shape index (κ1) is 14.9. The summed E-state index contributed by atoms with van der Waals surface area (Å²) in [6, 6.07) is 7.93. The van der Waals surface area contributed by atoms with Crippen molar-refractivity contribution in [3.8, 4) is 5.75 Å². The van der Waals surface area contributed by atoms with E-state index in [0.29, 0.717) is 6.54 Å². The average Bonchev–Trinajstić information content (AvgIpc) is 2.48. The van der Waals surface area contributed by atoms with E-state index in [9.17, 15) is 4.79 Å². The summed E-state index contributed by atoms with van der Waals surface area (Å²) in [7, 11) is 0. The number of carbonyl (C=O) groups is 1. The SMILES string of the molecule is Cc1ccc(OC(C)C(=O)N2CCCCC2CN)cc1. The molecule has 1 aromatic carbocycles. The molecule has 0 saturated carbocycles. The fourth-order valence-electron chi connectivity index (χ4n) is 2.64. The first-order chi connectivity index (χ1) is 9.61. The quantitative estimate of drug-likeness (QED) is 0.916. The van der Waals surface area contributed by atoms with Gasteiger partial charge in [-0.1, -0.05) is 17.7 Å². The van der Waals surface area contributed by atoms with Gasteiger partial charge in [0.05, 0.1) is 0 Å². The van der Waals surface area contributed by atoms with Gasteiger partial charge in [0.25, 0.3) is 5.91 Å². The molecule has 1 fully saturated rings. The van der Waals surface area contributed by atoms with Gasteiger partial charge in [-0.25, -0.2) is 0 Å². The topological polar surface area (TPSA) is 55.6 Å². The van der Waals surface area contributed by atoms with E-state index < -0.39 is 6.10 Å². The van der Waals surface area contributed by atoms with E-state index in [4.69, 9.17) is 10.5 Å². The van der Waals surface area contributed by atoms with Gasteiger partial charge in [0, 0.05) is 19.1 Å². The number of aryl methyl sites for hydroxylation is 1. The normalized spacial score (nSPS) is 20.6. The van der Waals surface area contributed by atoms with Crippen molar-refractivity contribution in [1.82, 2.24) is 4.90 Å². The zero-order valence-electron chi connectivity index (χ0n) is 12.3. The summed E-state index contributed by atoms with van der Waals surface area (Å²) in [6.45, 7) is 5.16. The number of hydrogen-bond acceptors (Lipinski definition) is 3. The Labute approximate surface area is 120 Å². The van der Waals surface area contributed by atoms with Crippen LogP contribution in [0.25, 0.3) is 0 Å². The highest BCUT2D eigenvalue weighted by molar-refractivity contribution is 5.81. The molecule has 1 heterocycles. The third kappa shape index (κ3) is 3.51. The van der Waals surface area contributed by atoms with Crippen LogP contribution in [0.4, 0.5) is 0 Å². The highest BCUT2D eigenvalue weighted by Crippen LogP contribution is 2.19. The van der Waals surface area contributed by atoms with E-state index in [1.807, 2.05) is 43.0 Å². The highest BCUT2D eigenvalue weighted by atomic mass is 16.5. The number of piperidine rings is 1. The summed E-state index contributed by atoms with van der Waals surface area (Å²) in [6.07, 6.45) is 2.74. The summed E-state index contributed by atoms with van der Waals surface area (Å²) in [4.78, 5) is 14.4. The number of nitrogens with zero attached hydrogens (tertiary/aromatic N) is 1. The molecule has 0 aromatic heterocycles. The van der Waals surface area contributed by atoms with Gasteiger partial charge in [0.1, 0.15) is 5.75 Å². The zero-order valence-corrected chi connectivity index (χ0v) is 12.3. The van der Waals surface area contributed by atoms with Gasteiger partial charge in [-0.2, -0.15) is 0 Å². The van der Waals surface area contributed by atoms with Crippen molar-refractivity contribution < 1.29 is 9.53 Å². The number of nitrogens with two attached hydrogens (primary N) is 1. The Hall–Kier alpha value is -1.55. The Bertz CT molecular complexity index is 444. The predicted octanol–water partition coefficient (Wildman–Crippen LogP) is 2.10. The van der Waals surface area contributed by atoms with Crippen LogP contribution in [0.5, 0.6) is 5.75 Å². The van der Waals surface area contributed by atoms with Gasteiger partial charge in [-0.3, -0.25) is 4.79 Å². The number of amides is 1. The fraction of sp³-hybridized carbons (Fsp3) is 0.562. The summed E-state index contributed by atoms with van der Waals surface area (Å²) in [5.41, 5.74) is 6.94. The van der Waals surface area contributed by atoms with E-state index in [0.717, 1.165) is 31.6 Å². The molecule has 0 bridgehead atoms. The second-order valence-corrected chi connectivity index (χ2v) is 5.49. The molecule has 1 aliphatic heterocycles. The third-order valence-corrected chi connectivity index (χ3v) is 3.86. The van der Waals surface area contributed by atoms with Crippen molar-refractivity contribution in [3.05, 3.63) is 29.8 Å². The van der Waals surface area contributed by atoms with Crippen LogP contribution < -0.4 is 10.5 Å². The standard InChI is InChI=1S/C16H24N2O2/c1-12-6-8-15(9-7-12)20-13(2)16(19)18-10-4-3-5-14(18)11-17/h6-9,13-14H,3-5,10-11,17H2,1-2H3. The Kier molecular flexibility index (Phi) is 5.01. The number of rotatable bonds is 4. The molecular formula is C16H24N2O2. The van der Waals surface area contributed by atoms with Crippen molar-refractivity contribution in [1.29, 1.82) is 0 Å². The van der Waals surface area contributed by atoms with Crippen LogP contribution in [0.15, 0.2) is 24.3 Å². The van der Waals surface area contributed by atoms with Gasteiger partial charge >= 0.3 is 0 Å². The largest absolute Gasteiger partial charge is 0.481 e. The van der Waals surface area contributed by atoms with Crippen LogP contribution in [-0.4, -0.2) is 36.0 Å². The molecule has 1 aliphatic rings. The average molecular weight is 276 g/mol. The lowest BCUT2D eigenvalue weighted by molar-refractivity contribution is -0.141. The summed E-state index contributed by atoms with van der Waals surface area (Å²) >= 11 is 0. The van der Waals surface area contributed by atoms with Crippen molar-refractivity contribution in [2.24, 2.45) is 5.73 Å². The number of benzene rings is 1. The van der Waals surface area contributed by atoms with Gasteiger partial charge < -0.3 is 15.4 Å². The van der Waals surface area contributed by atoms with Crippen molar-refractivity contribution in [3.63, 3.8) is 0 Å². The van der Waals surface area contributed by atoms with E-state index >= 15 is 0 Å². The Morgan fingerprint density at radius 3 is 2.75 bits per heavy atom. The minimum atomic E-state index is -0.468. The lowest BCUT2D eigenvalue weighted by atomic mass is 10.0. The van der Waals surface area contributed by atoms with E-state index in [-0.39, 0.29) is 11.9 Å². The molecule has 4 heteroatoms. The monoisotopic (exact) mass is 276 g/mol. The number of carbonyl (C=O) groups excluding carboxylic acids is 1. The number of ether oxygens (including phenoxy) is 1. The third-order valence-electron chi connectivity index (χ3n) is 3.86. The van der Waals surface area contributed by atoms with Crippen molar-refractivity contribution in [2.75, 3.05) is 13.1 Å². The molecule has 20 heavy (non-hydrogen) atoms. The van der Waals surface area contributed by atoms with Gasteiger partial charge in [-0.15, -0.1) is 0 Å². The van der Waals surface area contributed by atoms with Crippen molar-refractivity contribution >= 4 is 5.91 Å². The molecule has 2 N–H and O–H groups in total. The van der Waals surface area contributed by atoms with Crippen molar-refractivity contribution in [2.45, 2.75) is 45.3 Å². The van der Waals surface area contributed by atoms with Crippen LogP contribution in [-0.2, 0) is 4.79 Å². The first-order valence-electron chi connectivity index (χ1n) is 7.35. The minimum Gasteiger partial charge on any atom is -0.481 e. The maximum Gasteiger partial charge on any atom is 0.263 e. The maximum absolute atomic E-state index is 12.5. The molecule has 0 spiro atoms. The molecule has 1 saturated heterocycles. The molecule has 1 amide bonds. The molecule has 2 unspecified atom stereocenters. The van der Waals surface area contributed by atoms with Crippen LogP contribution in [0.3, 0.4) is 0 Å². The zero-order chi connectivity index (χ0) is 14.5. The van der Waals surface area contributed by atoms with Crippen LogP contribution in [0.2, 0.25) is 0 Å². The van der Waals surface area contributed by atoms with E-state index in [1.165, 1.54) is 5.56 Å². The Morgan fingerprint density at radius 2 is 2.10 bits per heavy atom. The second kappa shape index (κ2) is 6.75.